The van der Waals surface area contributed by atoms with Gasteiger partial charge in [0.15, 0.2) is 5.11 Å². The summed E-state index contributed by atoms with van der Waals surface area (Å²) >= 11 is 6.02. The second-order valence-electron chi connectivity index (χ2n) is 2.24. The van der Waals surface area contributed by atoms with E-state index in [1.807, 2.05) is 13.8 Å². The van der Waals surface area contributed by atoms with Gasteiger partial charge >= 0.3 is 5.97 Å². The van der Waals surface area contributed by atoms with Crippen LogP contribution in [0, 0.1) is 0 Å². The van der Waals surface area contributed by atoms with E-state index in [2.05, 4.69) is 22.5 Å². The van der Waals surface area contributed by atoms with Crippen molar-refractivity contribution in [1.82, 2.24) is 5.48 Å². The summed E-state index contributed by atoms with van der Waals surface area (Å²) in [5, 5.41) is -0.184. The van der Waals surface area contributed by atoms with Gasteiger partial charge in [-0.25, -0.2) is 4.79 Å². The number of hydrogen-bond donors (Lipinski definition) is 2. The van der Waals surface area contributed by atoms with Crippen LogP contribution < -0.4 is 11.2 Å². The van der Waals surface area contributed by atoms with Crippen molar-refractivity contribution in [1.29, 1.82) is 0 Å². The zero-order chi connectivity index (χ0) is 10.3. The first-order chi connectivity index (χ1) is 6.11. The van der Waals surface area contributed by atoms with E-state index in [0.29, 0.717) is 0 Å². The van der Waals surface area contributed by atoms with Crippen molar-refractivity contribution in [3.63, 3.8) is 0 Å². The van der Waals surface area contributed by atoms with E-state index in [4.69, 9.17) is 5.73 Å². The molecule has 0 spiro atoms. The van der Waals surface area contributed by atoms with Crippen molar-refractivity contribution in [3.8, 4) is 0 Å². The first kappa shape index (κ1) is 12.5. The molecule has 4 nitrogen and oxygen atoms in total. The molecule has 0 aromatic rings. The van der Waals surface area contributed by atoms with Crippen molar-refractivity contribution >= 4 is 35.1 Å². The maximum atomic E-state index is 11.2. The first-order valence-electron chi connectivity index (χ1n) is 3.99. The average molecular weight is 222 g/mol. The van der Waals surface area contributed by atoms with Gasteiger partial charge in [0.1, 0.15) is 5.25 Å². The molecule has 76 valence electrons. The lowest BCUT2D eigenvalue weighted by molar-refractivity contribution is -0.147. The molecule has 0 aliphatic rings. The SMILES string of the molecule is CCSC(CC)C(=O)ONC(N)=S. The molecule has 0 bridgehead atoms. The molecule has 0 aromatic heterocycles. The second-order valence-corrected chi connectivity index (χ2v) is 4.16. The highest BCUT2D eigenvalue weighted by atomic mass is 32.2. The molecule has 1 atom stereocenters. The summed E-state index contributed by atoms with van der Waals surface area (Å²) in [7, 11) is 0. The Morgan fingerprint density at radius 2 is 2.31 bits per heavy atom. The standard InChI is InChI=1S/C7H14N2O2S2/c1-3-5(13-4-2)6(10)11-9-7(8)12/h5H,3-4H2,1-2H3,(H3,8,9,12). The predicted octanol–water partition coefficient (Wildman–Crippen LogP) is 0.810. The molecule has 0 aromatic carbocycles. The Morgan fingerprint density at radius 1 is 1.69 bits per heavy atom. The minimum Gasteiger partial charge on any atom is -0.374 e. The third-order valence-corrected chi connectivity index (χ3v) is 2.60. The van der Waals surface area contributed by atoms with E-state index in [0.717, 1.165) is 12.2 Å². The van der Waals surface area contributed by atoms with E-state index in [-0.39, 0.29) is 16.3 Å². The van der Waals surface area contributed by atoms with Crippen molar-refractivity contribution in [2.24, 2.45) is 5.73 Å². The van der Waals surface area contributed by atoms with Gasteiger partial charge in [0.2, 0.25) is 0 Å². The van der Waals surface area contributed by atoms with E-state index in [9.17, 15) is 4.79 Å². The van der Waals surface area contributed by atoms with Crippen LogP contribution in [0.2, 0.25) is 0 Å². The van der Waals surface area contributed by atoms with Crippen LogP contribution in [0.25, 0.3) is 0 Å². The number of carbonyl (C=O) groups excluding carboxylic acids is 1. The number of hydrogen-bond acceptors (Lipinski definition) is 4. The molecule has 1 unspecified atom stereocenters. The molecule has 13 heavy (non-hydrogen) atoms. The summed E-state index contributed by atoms with van der Waals surface area (Å²) in [6, 6.07) is 0. The highest BCUT2D eigenvalue weighted by molar-refractivity contribution is 8.00. The quantitative estimate of drug-likeness (QED) is 0.542. The number of nitrogens with one attached hydrogen (secondary N) is 1. The fraction of sp³-hybridized carbons (Fsp3) is 0.714. The smallest absolute Gasteiger partial charge is 0.345 e. The number of thiocarbonyl (C=S) groups is 1. The Morgan fingerprint density at radius 3 is 2.69 bits per heavy atom. The zero-order valence-electron chi connectivity index (χ0n) is 7.70. The first-order valence-corrected chi connectivity index (χ1v) is 5.45. The number of hydroxylamine groups is 1. The van der Waals surface area contributed by atoms with Crippen LogP contribution in [0.3, 0.4) is 0 Å². The molecule has 0 amide bonds. The molecule has 0 rings (SSSR count). The number of nitrogens with two attached hydrogens (primary N) is 1. The molecular formula is C7H14N2O2S2. The molecule has 0 saturated carbocycles. The maximum absolute atomic E-state index is 11.2. The largest absolute Gasteiger partial charge is 0.374 e. The monoisotopic (exact) mass is 222 g/mol. The normalized spacial score (nSPS) is 11.8. The van der Waals surface area contributed by atoms with Gasteiger partial charge in [0, 0.05) is 0 Å². The summed E-state index contributed by atoms with van der Waals surface area (Å²) in [5.41, 5.74) is 7.26. The molecule has 0 aliphatic heterocycles. The van der Waals surface area contributed by atoms with Gasteiger partial charge in [-0.2, -0.15) is 5.48 Å². The highest BCUT2D eigenvalue weighted by Crippen LogP contribution is 2.14. The average Bonchev–Trinajstić information content (AvgIpc) is 2.10. The summed E-state index contributed by atoms with van der Waals surface area (Å²) in [4.78, 5) is 15.9. The summed E-state index contributed by atoms with van der Waals surface area (Å²) in [6.45, 7) is 3.91. The van der Waals surface area contributed by atoms with E-state index >= 15 is 0 Å². The molecule has 6 heteroatoms. The van der Waals surface area contributed by atoms with Gasteiger partial charge in [-0.1, -0.05) is 13.8 Å². The summed E-state index contributed by atoms with van der Waals surface area (Å²) in [6.07, 6.45) is 0.732. The van der Waals surface area contributed by atoms with Gasteiger partial charge in [0.25, 0.3) is 0 Å². The Labute approximate surface area is 87.5 Å². The minimum atomic E-state index is -0.331. The van der Waals surface area contributed by atoms with Crippen LogP contribution in [0.5, 0.6) is 0 Å². The highest BCUT2D eigenvalue weighted by Gasteiger charge is 2.17. The Kier molecular flexibility index (Phi) is 6.70. The van der Waals surface area contributed by atoms with Crippen LogP contribution in [0.1, 0.15) is 20.3 Å². The van der Waals surface area contributed by atoms with Crippen LogP contribution in [0.4, 0.5) is 0 Å². The molecule has 0 aliphatic carbocycles. The molecule has 0 saturated heterocycles. The number of thioether (sulfide) groups is 1. The minimum absolute atomic E-state index is 0.0373. The molecule has 0 fully saturated rings. The Balaban J connectivity index is 3.84. The van der Waals surface area contributed by atoms with Gasteiger partial charge < -0.3 is 10.6 Å². The Bertz CT molecular complexity index is 187. The fourth-order valence-electron chi connectivity index (χ4n) is 0.720. The third-order valence-electron chi connectivity index (χ3n) is 1.25. The fourth-order valence-corrected chi connectivity index (χ4v) is 1.58. The number of rotatable bonds is 4. The van der Waals surface area contributed by atoms with Crippen LogP contribution in [-0.4, -0.2) is 22.1 Å². The lowest BCUT2D eigenvalue weighted by Crippen LogP contribution is -2.34. The van der Waals surface area contributed by atoms with Crippen molar-refractivity contribution in [2.75, 3.05) is 5.75 Å². The maximum Gasteiger partial charge on any atom is 0.345 e. The summed E-state index contributed by atoms with van der Waals surface area (Å²) in [5.74, 6) is 0.544. The topological polar surface area (TPSA) is 64.3 Å². The van der Waals surface area contributed by atoms with Gasteiger partial charge in [-0.3, -0.25) is 0 Å². The van der Waals surface area contributed by atoms with Crippen molar-refractivity contribution < 1.29 is 9.63 Å². The van der Waals surface area contributed by atoms with Gasteiger partial charge in [-0.05, 0) is 24.4 Å². The van der Waals surface area contributed by atoms with Gasteiger partial charge in [-0.15, -0.1) is 11.8 Å². The number of carbonyl (C=O) groups is 1. The molecule has 0 heterocycles. The van der Waals surface area contributed by atoms with E-state index in [1.165, 1.54) is 11.8 Å². The molecule has 0 radical (unpaired) electrons. The summed E-state index contributed by atoms with van der Waals surface area (Å²) < 4.78 is 0. The van der Waals surface area contributed by atoms with E-state index in [1.54, 1.807) is 0 Å². The zero-order valence-corrected chi connectivity index (χ0v) is 9.33. The van der Waals surface area contributed by atoms with Crippen LogP contribution >= 0.6 is 24.0 Å². The Hall–Kier alpha value is -0.490. The predicted molar refractivity (Wildman–Crippen MR) is 58.2 cm³/mol. The lowest BCUT2D eigenvalue weighted by Gasteiger charge is -2.11. The van der Waals surface area contributed by atoms with E-state index < -0.39 is 0 Å². The van der Waals surface area contributed by atoms with Crippen molar-refractivity contribution in [2.45, 2.75) is 25.5 Å². The van der Waals surface area contributed by atoms with Gasteiger partial charge in [0.05, 0.1) is 0 Å². The lowest BCUT2D eigenvalue weighted by atomic mass is 10.3. The van der Waals surface area contributed by atoms with Crippen LogP contribution in [-0.2, 0) is 9.63 Å². The molecule has 3 N–H and O–H groups in total. The third kappa shape index (κ3) is 5.70. The molecular weight excluding hydrogens is 208 g/mol. The second kappa shape index (κ2) is 6.97. The van der Waals surface area contributed by atoms with Crippen molar-refractivity contribution in [3.05, 3.63) is 0 Å². The van der Waals surface area contributed by atoms with Crippen LogP contribution in [0.15, 0.2) is 0 Å².